The first kappa shape index (κ1) is 26.4. The summed E-state index contributed by atoms with van der Waals surface area (Å²) in [5.41, 5.74) is -1.78. The van der Waals surface area contributed by atoms with Crippen LogP contribution in [0.25, 0.3) is 4.85 Å². The lowest BCUT2D eigenvalue weighted by atomic mass is 10.0. The zero-order valence-corrected chi connectivity index (χ0v) is 20.7. The van der Waals surface area contributed by atoms with Crippen LogP contribution in [0.15, 0.2) is 36.5 Å². The maximum atomic E-state index is 13.4. The molecular formula is C24H26F3N5O2S. The lowest BCUT2D eigenvalue weighted by Crippen LogP contribution is -2.44. The molecule has 2 heterocycles. The number of carbonyl (C=O) groups excluding carboxylic acids is 1. The molecule has 0 bridgehead atoms. The standard InChI is InChI=1S/C24H26F3N5O2S/c1-23(2)21(33)32(17-8-10-20(28-3)19(13-17)24(25,26)27)22(35)31(23)11-6-12-34-18-9-7-16(29-14-18)15-30(4)5/h7-10,13-14H,6,11-12,15H2,1-2,4-5H3. The lowest BCUT2D eigenvalue weighted by Gasteiger charge is -2.29. The van der Waals surface area contributed by atoms with Crippen molar-refractivity contribution >= 4 is 34.6 Å². The number of aromatic nitrogens is 1. The molecule has 0 spiro atoms. The summed E-state index contributed by atoms with van der Waals surface area (Å²) in [6.45, 7) is 11.8. The van der Waals surface area contributed by atoms with Crippen LogP contribution in [0.4, 0.5) is 24.5 Å². The molecule has 3 rings (SSSR count). The normalized spacial score (nSPS) is 15.6. The highest BCUT2D eigenvalue weighted by molar-refractivity contribution is 7.80. The number of thiocarbonyl (C=S) groups is 1. The smallest absolute Gasteiger partial charge is 0.407 e. The number of ether oxygens (including phenoxy) is 1. The minimum Gasteiger partial charge on any atom is -0.492 e. The fraction of sp³-hybridized carbons (Fsp3) is 0.417. The first-order valence-corrected chi connectivity index (χ1v) is 11.2. The largest absolute Gasteiger partial charge is 0.492 e. The molecule has 0 atom stereocenters. The van der Waals surface area contributed by atoms with E-state index in [1.54, 1.807) is 24.9 Å². The molecule has 1 aromatic carbocycles. The van der Waals surface area contributed by atoms with Crippen molar-refractivity contribution in [1.29, 1.82) is 0 Å². The monoisotopic (exact) mass is 505 g/mol. The number of hydrogen-bond donors (Lipinski definition) is 0. The van der Waals surface area contributed by atoms with Crippen LogP contribution in [0.2, 0.25) is 0 Å². The van der Waals surface area contributed by atoms with Gasteiger partial charge < -0.3 is 14.5 Å². The predicted molar refractivity (Wildman–Crippen MR) is 130 cm³/mol. The van der Waals surface area contributed by atoms with Gasteiger partial charge in [0.25, 0.3) is 5.91 Å². The molecule has 0 unspecified atom stereocenters. The number of benzene rings is 1. The molecule has 1 aromatic heterocycles. The van der Waals surface area contributed by atoms with Crippen molar-refractivity contribution in [2.24, 2.45) is 0 Å². The zero-order chi connectivity index (χ0) is 26.0. The van der Waals surface area contributed by atoms with Gasteiger partial charge in [0.2, 0.25) is 0 Å². The Labute approximate surface area is 207 Å². The number of amides is 1. The first-order valence-electron chi connectivity index (χ1n) is 10.8. The number of carbonyl (C=O) groups is 1. The van der Waals surface area contributed by atoms with Gasteiger partial charge in [-0.1, -0.05) is 6.07 Å². The number of rotatable bonds is 8. The van der Waals surface area contributed by atoms with Crippen LogP contribution in [-0.4, -0.2) is 58.6 Å². The van der Waals surface area contributed by atoms with Gasteiger partial charge in [0.15, 0.2) is 10.8 Å². The third-order valence-electron chi connectivity index (χ3n) is 5.56. The van der Waals surface area contributed by atoms with Crippen molar-refractivity contribution in [3.8, 4) is 5.75 Å². The second-order valence-electron chi connectivity index (χ2n) is 8.87. The van der Waals surface area contributed by atoms with Crippen molar-refractivity contribution in [2.45, 2.75) is 38.5 Å². The molecule has 0 radical (unpaired) electrons. The van der Waals surface area contributed by atoms with Gasteiger partial charge in [-0.25, -0.2) is 4.85 Å². The Balaban J connectivity index is 1.69. The minimum absolute atomic E-state index is 0.0181. The van der Waals surface area contributed by atoms with E-state index in [0.29, 0.717) is 25.3 Å². The number of hydrogen-bond acceptors (Lipinski definition) is 5. The van der Waals surface area contributed by atoms with Crippen molar-refractivity contribution in [1.82, 2.24) is 14.8 Å². The predicted octanol–water partition coefficient (Wildman–Crippen LogP) is 4.89. The Kier molecular flexibility index (Phi) is 7.67. The summed E-state index contributed by atoms with van der Waals surface area (Å²) < 4.78 is 46.1. The van der Waals surface area contributed by atoms with E-state index < -0.39 is 28.9 Å². The summed E-state index contributed by atoms with van der Waals surface area (Å²) in [5.74, 6) is 0.181. The van der Waals surface area contributed by atoms with Crippen LogP contribution in [-0.2, 0) is 17.5 Å². The third kappa shape index (κ3) is 5.71. The molecule has 11 heteroatoms. The van der Waals surface area contributed by atoms with E-state index >= 15 is 0 Å². The van der Waals surface area contributed by atoms with Gasteiger partial charge in [-0.3, -0.25) is 14.7 Å². The number of alkyl halides is 3. The van der Waals surface area contributed by atoms with Crippen molar-refractivity contribution in [2.75, 3.05) is 32.1 Å². The first-order chi connectivity index (χ1) is 16.4. The zero-order valence-electron chi connectivity index (χ0n) is 19.9. The van der Waals surface area contributed by atoms with Crippen molar-refractivity contribution in [3.05, 3.63) is 59.2 Å². The molecule has 35 heavy (non-hydrogen) atoms. The van der Waals surface area contributed by atoms with Crippen molar-refractivity contribution < 1.29 is 22.7 Å². The number of nitrogens with zero attached hydrogens (tertiary/aromatic N) is 5. The van der Waals surface area contributed by atoms with Crippen LogP contribution in [0.3, 0.4) is 0 Å². The van der Waals surface area contributed by atoms with E-state index in [9.17, 15) is 18.0 Å². The molecule has 1 fully saturated rings. The average Bonchev–Trinajstić information content (AvgIpc) is 2.95. The highest BCUT2D eigenvalue weighted by atomic mass is 32.1. The molecule has 1 amide bonds. The molecule has 0 saturated carbocycles. The van der Waals surface area contributed by atoms with Crippen LogP contribution < -0.4 is 9.64 Å². The Morgan fingerprint density at radius 1 is 1.23 bits per heavy atom. The molecule has 0 aliphatic carbocycles. The molecule has 1 saturated heterocycles. The summed E-state index contributed by atoms with van der Waals surface area (Å²) in [4.78, 5) is 25.2. The summed E-state index contributed by atoms with van der Waals surface area (Å²) >= 11 is 5.49. The fourth-order valence-corrected chi connectivity index (χ4v) is 4.26. The Hall–Kier alpha value is -3.23. The van der Waals surface area contributed by atoms with Crippen LogP contribution in [0, 0.1) is 6.57 Å². The molecule has 1 aliphatic heterocycles. The fourth-order valence-electron chi connectivity index (χ4n) is 3.75. The van der Waals surface area contributed by atoms with Crippen molar-refractivity contribution in [3.63, 3.8) is 0 Å². The van der Waals surface area contributed by atoms with Gasteiger partial charge >= 0.3 is 6.18 Å². The minimum atomic E-state index is -4.73. The van der Waals surface area contributed by atoms with Crippen LogP contribution >= 0.6 is 12.2 Å². The number of pyridine rings is 1. The number of anilines is 1. The Bertz CT molecular complexity index is 1140. The second-order valence-corrected chi connectivity index (χ2v) is 9.23. The summed E-state index contributed by atoms with van der Waals surface area (Å²) in [7, 11) is 3.92. The molecule has 186 valence electrons. The molecular weight excluding hydrogens is 479 g/mol. The van der Waals surface area contributed by atoms with E-state index in [1.807, 2.05) is 31.1 Å². The van der Waals surface area contributed by atoms with Gasteiger partial charge in [-0.2, -0.15) is 13.2 Å². The van der Waals surface area contributed by atoms with Gasteiger partial charge in [0.05, 0.1) is 30.6 Å². The van der Waals surface area contributed by atoms with Gasteiger partial charge in [-0.15, -0.1) is 0 Å². The van der Waals surface area contributed by atoms with E-state index in [2.05, 4.69) is 9.83 Å². The highest BCUT2D eigenvalue weighted by Gasteiger charge is 2.49. The maximum Gasteiger partial charge on any atom is 0.407 e. The van der Waals surface area contributed by atoms with Gasteiger partial charge in [-0.05, 0) is 70.8 Å². The van der Waals surface area contributed by atoms with E-state index in [-0.39, 0.29) is 10.8 Å². The average molecular weight is 506 g/mol. The quantitative estimate of drug-likeness (QED) is 0.289. The second kappa shape index (κ2) is 10.2. The number of halogens is 3. The molecule has 7 nitrogen and oxygen atoms in total. The van der Waals surface area contributed by atoms with E-state index in [4.69, 9.17) is 23.5 Å². The SMILES string of the molecule is [C-]#[N+]c1ccc(N2C(=O)C(C)(C)N(CCCOc3ccc(CN(C)C)nc3)C2=S)cc1C(F)(F)F. The Morgan fingerprint density at radius 2 is 1.94 bits per heavy atom. The van der Waals surface area contributed by atoms with Crippen LogP contribution in [0.1, 0.15) is 31.5 Å². The van der Waals surface area contributed by atoms with Crippen LogP contribution in [0.5, 0.6) is 5.75 Å². The molecule has 0 N–H and O–H groups in total. The lowest BCUT2D eigenvalue weighted by molar-refractivity contribution is -0.136. The Morgan fingerprint density at radius 3 is 2.51 bits per heavy atom. The third-order valence-corrected chi connectivity index (χ3v) is 5.96. The van der Waals surface area contributed by atoms with E-state index in [0.717, 1.165) is 29.3 Å². The summed E-state index contributed by atoms with van der Waals surface area (Å²) in [6, 6.07) is 6.89. The molecule has 2 aromatic rings. The topological polar surface area (TPSA) is 53.3 Å². The summed E-state index contributed by atoms with van der Waals surface area (Å²) in [6.07, 6.45) is -2.56. The summed E-state index contributed by atoms with van der Waals surface area (Å²) in [5, 5.41) is 0.110. The van der Waals surface area contributed by atoms with Gasteiger partial charge in [0.1, 0.15) is 11.3 Å². The molecule has 1 aliphatic rings. The van der Waals surface area contributed by atoms with Gasteiger partial charge in [0, 0.05) is 18.8 Å². The highest BCUT2D eigenvalue weighted by Crippen LogP contribution is 2.40. The van der Waals surface area contributed by atoms with E-state index in [1.165, 1.54) is 6.07 Å². The maximum absolute atomic E-state index is 13.4.